The topological polar surface area (TPSA) is 79.0 Å². The van der Waals surface area contributed by atoms with Crippen molar-refractivity contribution in [3.05, 3.63) is 29.8 Å². The van der Waals surface area contributed by atoms with E-state index in [0.29, 0.717) is 6.61 Å². The number of likely N-dealkylation sites (tertiary alicyclic amines) is 1. The minimum atomic E-state index is -1.06. The van der Waals surface area contributed by atoms with E-state index in [9.17, 15) is 14.4 Å². The molecule has 7 heteroatoms. The summed E-state index contributed by atoms with van der Waals surface area (Å²) in [5.74, 6) is -1.66. The highest BCUT2D eigenvalue weighted by molar-refractivity contribution is 6.15. The number of carbonyl (C=O) groups is 3. The number of hydrogen-bond donors (Lipinski definition) is 1. The molecule has 1 spiro atoms. The Labute approximate surface area is 151 Å². The van der Waals surface area contributed by atoms with Crippen LogP contribution < -0.4 is 5.32 Å². The van der Waals surface area contributed by atoms with Crippen molar-refractivity contribution in [1.82, 2.24) is 9.80 Å². The molecule has 0 radical (unpaired) electrons. The van der Waals surface area contributed by atoms with Gasteiger partial charge in [-0.05, 0) is 25.5 Å². The third kappa shape index (κ3) is 1.68. The SMILES string of the molecule is COCCN1C(=O)[C@@H]2[C@@H]3CCCN3[C@]3(C(=O)Nc4ccccc43)[C@H]2C1=O. The number of para-hydroxylation sites is 1. The van der Waals surface area contributed by atoms with Gasteiger partial charge < -0.3 is 10.1 Å². The zero-order chi connectivity index (χ0) is 18.1. The lowest BCUT2D eigenvalue weighted by Gasteiger charge is -2.36. The molecule has 5 rings (SSSR count). The predicted molar refractivity (Wildman–Crippen MR) is 92.1 cm³/mol. The van der Waals surface area contributed by atoms with Gasteiger partial charge in [0.05, 0.1) is 25.0 Å². The van der Waals surface area contributed by atoms with E-state index in [1.165, 1.54) is 4.90 Å². The van der Waals surface area contributed by atoms with E-state index >= 15 is 0 Å². The van der Waals surface area contributed by atoms with Crippen molar-refractivity contribution in [2.45, 2.75) is 24.4 Å². The van der Waals surface area contributed by atoms with Crippen molar-refractivity contribution in [1.29, 1.82) is 0 Å². The number of carbonyl (C=O) groups excluding carboxylic acids is 3. The summed E-state index contributed by atoms with van der Waals surface area (Å²) in [5, 5.41) is 2.96. The molecule has 4 aliphatic heterocycles. The summed E-state index contributed by atoms with van der Waals surface area (Å²) in [4.78, 5) is 43.1. The van der Waals surface area contributed by atoms with Crippen LogP contribution in [0.4, 0.5) is 5.69 Å². The minimum Gasteiger partial charge on any atom is -0.383 e. The van der Waals surface area contributed by atoms with Crippen molar-refractivity contribution < 1.29 is 19.1 Å². The Balaban J connectivity index is 1.68. The number of benzene rings is 1. The molecule has 3 amide bonds. The van der Waals surface area contributed by atoms with Gasteiger partial charge in [0.25, 0.3) is 0 Å². The zero-order valence-corrected chi connectivity index (χ0v) is 14.6. The van der Waals surface area contributed by atoms with Crippen molar-refractivity contribution in [3.8, 4) is 0 Å². The summed E-state index contributed by atoms with van der Waals surface area (Å²) in [7, 11) is 1.55. The van der Waals surface area contributed by atoms with Crippen LogP contribution in [0.15, 0.2) is 24.3 Å². The van der Waals surface area contributed by atoms with Gasteiger partial charge >= 0.3 is 0 Å². The van der Waals surface area contributed by atoms with E-state index in [0.717, 1.165) is 30.6 Å². The summed E-state index contributed by atoms with van der Waals surface area (Å²) in [6.07, 6.45) is 1.78. The number of nitrogens with zero attached hydrogens (tertiary/aromatic N) is 2. The van der Waals surface area contributed by atoms with Crippen molar-refractivity contribution in [2.75, 3.05) is 32.1 Å². The molecule has 0 aliphatic carbocycles. The summed E-state index contributed by atoms with van der Waals surface area (Å²) in [6, 6.07) is 7.49. The second-order valence-corrected chi connectivity index (χ2v) is 7.49. The normalized spacial score (nSPS) is 35.2. The lowest BCUT2D eigenvalue weighted by Crippen LogP contribution is -2.54. The van der Waals surface area contributed by atoms with Crippen LogP contribution >= 0.6 is 0 Å². The Morgan fingerprint density at radius 1 is 1.23 bits per heavy atom. The molecule has 0 bridgehead atoms. The van der Waals surface area contributed by atoms with Crippen LogP contribution in [0, 0.1) is 11.8 Å². The Morgan fingerprint density at radius 3 is 2.85 bits per heavy atom. The van der Waals surface area contributed by atoms with Crippen LogP contribution in [0.2, 0.25) is 0 Å². The molecular formula is C19H21N3O4. The van der Waals surface area contributed by atoms with E-state index in [2.05, 4.69) is 10.2 Å². The third-order valence-corrected chi connectivity index (χ3v) is 6.51. The number of nitrogens with one attached hydrogen (secondary N) is 1. The first-order valence-electron chi connectivity index (χ1n) is 9.14. The van der Waals surface area contributed by atoms with Gasteiger partial charge in [0.1, 0.15) is 5.54 Å². The number of ether oxygens (including phenoxy) is 1. The number of anilines is 1. The first-order chi connectivity index (χ1) is 12.6. The first kappa shape index (κ1) is 16.0. The maximum absolute atomic E-state index is 13.3. The summed E-state index contributed by atoms with van der Waals surface area (Å²) < 4.78 is 5.07. The number of amides is 3. The van der Waals surface area contributed by atoms with Gasteiger partial charge in [-0.1, -0.05) is 18.2 Å². The fraction of sp³-hybridized carbons (Fsp3) is 0.526. The van der Waals surface area contributed by atoms with E-state index in [-0.39, 0.29) is 30.3 Å². The van der Waals surface area contributed by atoms with Gasteiger partial charge in [0, 0.05) is 24.4 Å². The second-order valence-electron chi connectivity index (χ2n) is 7.49. The molecule has 0 saturated carbocycles. The van der Waals surface area contributed by atoms with Crippen molar-refractivity contribution >= 4 is 23.4 Å². The number of fused-ring (bicyclic) bond motifs is 7. The molecule has 1 aromatic carbocycles. The molecule has 3 fully saturated rings. The smallest absolute Gasteiger partial charge is 0.250 e. The number of methoxy groups -OCH3 is 1. The molecule has 4 atom stereocenters. The maximum Gasteiger partial charge on any atom is 0.250 e. The lowest BCUT2D eigenvalue weighted by molar-refractivity contribution is -0.146. The molecular weight excluding hydrogens is 334 g/mol. The van der Waals surface area contributed by atoms with E-state index in [1.807, 2.05) is 24.3 Å². The molecule has 136 valence electrons. The monoisotopic (exact) mass is 355 g/mol. The van der Waals surface area contributed by atoms with Gasteiger partial charge in [-0.25, -0.2) is 0 Å². The van der Waals surface area contributed by atoms with Gasteiger partial charge in [-0.2, -0.15) is 0 Å². The highest BCUT2D eigenvalue weighted by Gasteiger charge is 2.74. The standard InChI is InChI=1S/C19H21N3O4/c1-26-10-9-21-16(23)14-13-7-4-8-22(13)19(15(14)17(21)24)11-5-2-3-6-12(11)20-18(19)25/h2-3,5-6,13-15H,4,7-10H2,1H3,(H,20,25)/t13-,14+,15+,19-/m0/s1. The number of imide groups is 1. The Bertz CT molecular complexity index is 825. The van der Waals surface area contributed by atoms with Gasteiger partial charge in [-0.3, -0.25) is 24.2 Å². The van der Waals surface area contributed by atoms with Crippen LogP contribution in [0.1, 0.15) is 18.4 Å². The van der Waals surface area contributed by atoms with E-state index in [4.69, 9.17) is 4.74 Å². The lowest BCUT2D eigenvalue weighted by atomic mass is 9.75. The van der Waals surface area contributed by atoms with Gasteiger partial charge in [0.15, 0.2) is 0 Å². The molecule has 0 unspecified atom stereocenters. The maximum atomic E-state index is 13.3. The second kappa shape index (κ2) is 5.37. The molecule has 4 heterocycles. The highest BCUT2D eigenvalue weighted by atomic mass is 16.5. The summed E-state index contributed by atoms with van der Waals surface area (Å²) >= 11 is 0. The molecule has 4 aliphatic rings. The summed E-state index contributed by atoms with van der Waals surface area (Å²) in [6.45, 7) is 1.28. The van der Waals surface area contributed by atoms with Crippen LogP contribution in [0.5, 0.6) is 0 Å². The first-order valence-corrected chi connectivity index (χ1v) is 9.14. The molecule has 1 aromatic rings. The van der Waals surface area contributed by atoms with Crippen LogP contribution in [0.25, 0.3) is 0 Å². The largest absolute Gasteiger partial charge is 0.383 e. The predicted octanol–water partition coefficient (Wildman–Crippen LogP) is 0.560. The van der Waals surface area contributed by atoms with E-state index in [1.54, 1.807) is 7.11 Å². The molecule has 26 heavy (non-hydrogen) atoms. The van der Waals surface area contributed by atoms with E-state index < -0.39 is 17.4 Å². The quantitative estimate of drug-likeness (QED) is 0.802. The van der Waals surface area contributed by atoms with Crippen molar-refractivity contribution in [3.63, 3.8) is 0 Å². The van der Waals surface area contributed by atoms with Crippen LogP contribution in [0.3, 0.4) is 0 Å². The fourth-order valence-corrected chi connectivity index (χ4v) is 5.62. The minimum absolute atomic E-state index is 0.0547. The number of rotatable bonds is 3. The Morgan fingerprint density at radius 2 is 2.04 bits per heavy atom. The molecule has 7 nitrogen and oxygen atoms in total. The fourth-order valence-electron chi connectivity index (χ4n) is 5.62. The van der Waals surface area contributed by atoms with Gasteiger partial charge in [-0.15, -0.1) is 0 Å². The summed E-state index contributed by atoms with van der Waals surface area (Å²) in [5.41, 5.74) is 0.523. The van der Waals surface area contributed by atoms with Crippen LogP contribution in [-0.2, 0) is 24.7 Å². The molecule has 3 saturated heterocycles. The Hall–Kier alpha value is -2.25. The molecule has 0 aromatic heterocycles. The van der Waals surface area contributed by atoms with Crippen molar-refractivity contribution in [2.24, 2.45) is 11.8 Å². The molecule has 1 N–H and O–H groups in total. The van der Waals surface area contributed by atoms with Crippen LogP contribution in [-0.4, -0.2) is 60.4 Å². The average Bonchev–Trinajstić information content (AvgIpc) is 3.33. The zero-order valence-electron chi connectivity index (χ0n) is 14.6. The highest BCUT2D eigenvalue weighted by Crippen LogP contribution is 2.60. The third-order valence-electron chi connectivity index (χ3n) is 6.51. The number of hydrogen-bond acceptors (Lipinski definition) is 5. The Kier molecular flexibility index (Phi) is 3.30. The van der Waals surface area contributed by atoms with Gasteiger partial charge in [0.2, 0.25) is 17.7 Å². The average molecular weight is 355 g/mol.